The molecule has 5 rings (SSSR count). The molecule has 0 aliphatic carbocycles. The van der Waals surface area contributed by atoms with Gasteiger partial charge in [0, 0.05) is 28.4 Å². The number of carbonyl (C=O) groups is 3. The van der Waals surface area contributed by atoms with E-state index in [0.717, 1.165) is 10.3 Å². The van der Waals surface area contributed by atoms with Gasteiger partial charge in [0.1, 0.15) is 23.8 Å². The van der Waals surface area contributed by atoms with Crippen LogP contribution in [-0.4, -0.2) is 55.8 Å². The van der Waals surface area contributed by atoms with Crippen molar-refractivity contribution in [1.82, 2.24) is 19.3 Å². The van der Waals surface area contributed by atoms with Crippen LogP contribution in [0.15, 0.2) is 60.7 Å². The number of amides is 1. The van der Waals surface area contributed by atoms with Crippen molar-refractivity contribution < 1.29 is 24.2 Å². The molecule has 0 radical (unpaired) electrons. The molecule has 12 heteroatoms. The maximum absolute atomic E-state index is 14.0. The summed E-state index contributed by atoms with van der Waals surface area (Å²) in [6.07, 6.45) is 0.655. The zero-order valence-electron chi connectivity index (χ0n) is 23.2. The van der Waals surface area contributed by atoms with Crippen molar-refractivity contribution in [2.24, 2.45) is 0 Å². The molecule has 0 atom stereocenters. The van der Waals surface area contributed by atoms with Crippen molar-refractivity contribution in [3.05, 3.63) is 93.2 Å². The van der Waals surface area contributed by atoms with E-state index in [1.54, 1.807) is 47.9 Å². The van der Waals surface area contributed by atoms with E-state index in [-0.39, 0.29) is 36.4 Å². The van der Waals surface area contributed by atoms with Crippen molar-refractivity contribution in [1.29, 1.82) is 0 Å². The van der Waals surface area contributed by atoms with Gasteiger partial charge >= 0.3 is 5.97 Å². The Morgan fingerprint density at radius 1 is 1.02 bits per heavy atom. The molecular weight excluding hydrogens is 578 g/mol. The fourth-order valence-corrected chi connectivity index (χ4v) is 6.05. The number of ketones is 1. The molecule has 3 aromatic heterocycles. The van der Waals surface area contributed by atoms with Crippen LogP contribution < -0.4 is 4.90 Å². The van der Waals surface area contributed by atoms with Gasteiger partial charge < -0.3 is 14.4 Å². The van der Waals surface area contributed by atoms with E-state index < -0.39 is 18.5 Å². The molecule has 1 amide bonds. The molecule has 0 bridgehead atoms. The van der Waals surface area contributed by atoms with Gasteiger partial charge in [0.25, 0.3) is 5.91 Å². The van der Waals surface area contributed by atoms with Crippen molar-refractivity contribution in [3.8, 4) is 5.00 Å². The number of para-hydroxylation sites is 1. The summed E-state index contributed by atoms with van der Waals surface area (Å²) in [6.45, 7) is 3.25. The molecule has 0 saturated heterocycles. The highest BCUT2D eigenvalue weighted by Crippen LogP contribution is 2.34. The number of aryl methyl sites for hydroxylation is 1. The molecule has 42 heavy (non-hydrogen) atoms. The first kappa shape index (κ1) is 29.2. The van der Waals surface area contributed by atoms with Crippen molar-refractivity contribution in [2.45, 2.75) is 33.4 Å². The highest BCUT2D eigenvalue weighted by molar-refractivity contribution is 7.15. The largest absolute Gasteiger partial charge is 0.465 e. The van der Waals surface area contributed by atoms with Gasteiger partial charge in [-0.05, 0) is 43.7 Å². The summed E-state index contributed by atoms with van der Waals surface area (Å²) in [5.41, 5.74) is 1.60. The number of benzene rings is 2. The van der Waals surface area contributed by atoms with E-state index in [1.807, 2.05) is 31.2 Å². The lowest BCUT2D eigenvalue weighted by Crippen LogP contribution is -2.31. The second kappa shape index (κ2) is 12.3. The Hall–Kier alpha value is -4.32. The van der Waals surface area contributed by atoms with Crippen LogP contribution in [0.4, 0.5) is 5.95 Å². The number of hydrogen-bond acceptors (Lipinski definition) is 8. The van der Waals surface area contributed by atoms with Crippen LogP contribution >= 0.6 is 22.9 Å². The Morgan fingerprint density at radius 3 is 2.48 bits per heavy atom. The first-order valence-corrected chi connectivity index (χ1v) is 14.5. The normalized spacial score (nSPS) is 11.2. The average molecular weight is 606 g/mol. The predicted octanol–water partition coefficient (Wildman–Crippen LogP) is 5.06. The fraction of sp³-hybridized carbons (Fsp3) is 0.233. The molecular formula is C30H28ClN5O5S. The minimum atomic E-state index is -0.489. The summed E-state index contributed by atoms with van der Waals surface area (Å²) in [6, 6.07) is 17.6. The van der Waals surface area contributed by atoms with Gasteiger partial charge in [0.15, 0.2) is 11.6 Å². The summed E-state index contributed by atoms with van der Waals surface area (Å²) in [5, 5.41) is 20.1. The number of esters is 1. The number of ether oxygens (including phenoxy) is 1. The second-order valence-electron chi connectivity index (χ2n) is 9.35. The van der Waals surface area contributed by atoms with Gasteiger partial charge in [-0.2, -0.15) is 0 Å². The second-order valence-corrected chi connectivity index (χ2v) is 10.9. The number of rotatable bonds is 10. The highest BCUT2D eigenvalue weighted by Gasteiger charge is 2.29. The average Bonchev–Trinajstić information content (AvgIpc) is 3.71. The van der Waals surface area contributed by atoms with Gasteiger partial charge in [0.2, 0.25) is 5.95 Å². The van der Waals surface area contributed by atoms with Crippen LogP contribution in [0.5, 0.6) is 0 Å². The molecule has 0 fully saturated rings. The third-order valence-corrected chi connectivity index (χ3v) is 8.35. The number of hydrogen-bond donors (Lipinski definition) is 1. The molecule has 0 aliphatic rings. The number of thiophene rings is 1. The lowest BCUT2D eigenvalue weighted by molar-refractivity contribution is -0.143. The highest BCUT2D eigenvalue weighted by atomic mass is 35.5. The van der Waals surface area contributed by atoms with Crippen LogP contribution in [-0.2, 0) is 29.1 Å². The maximum atomic E-state index is 14.0. The number of halogens is 1. The van der Waals surface area contributed by atoms with Crippen LogP contribution in [0.3, 0.4) is 0 Å². The Kier molecular flexibility index (Phi) is 8.53. The molecule has 0 saturated carbocycles. The molecule has 3 heterocycles. The minimum Gasteiger partial charge on any atom is -0.465 e. The SMILES string of the molecule is CCOC(=O)Cn1c(C(=O)N(C)c2nnc(CO)n2-c2sc(CC)cc2C(=O)c2ccccc2Cl)cc2ccccc21. The number of anilines is 1. The van der Waals surface area contributed by atoms with E-state index in [0.29, 0.717) is 33.1 Å². The zero-order valence-corrected chi connectivity index (χ0v) is 24.8. The molecule has 0 unspecified atom stereocenters. The summed E-state index contributed by atoms with van der Waals surface area (Å²) in [4.78, 5) is 42.4. The van der Waals surface area contributed by atoms with E-state index in [9.17, 15) is 19.5 Å². The smallest absolute Gasteiger partial charge is 0.325 e. The van der Waals surface area contributed by atoms with Crippen LogP contribution in [0.25, 0.3) is 15.9 Å². The van der Waals surface area contributed by atoms with Crippen LogP contribution in [0.1, 0.15) is 51.0 Å². The van der Waals surface area contributed by atoms with Crippen LogP contribution in [0, 0.1) is 0 Å². The molecule has 0 aliphatic heterocycles. The summed E-state index contributed by atoms with van der Waals surface area (Å²) in [7, 11) is 1.53. The van der Waals surface area contributed by atoms with Crippen molar-refractivity contribution in [3.63, 3.8) is 0 Å². The third-order valence-electron chi connectivity index (χ3n) is 6.76. The van der Waals surface area contributed by atoms with Crippen molar-refractivity contribution >= 4 is 57.4 Å². The van der Waals surface area contributed by atoms with Crippen molar-refractivity contribution in [2.75, 3.05) is 18.6 Å². The zero-order chi connectivity index (χ0) is 30.0. The van der Waals surface area contributed by atoms with E-state index in [1.165, 1.54) is 27.9 Å². The number of fused-ring (bicyclic) bond motifs is 1. The van der Waals surface area contributed by atoms with E-state index >= 15 is 0 Å². The molecule has 5 aromatic rings. The monoisotopic (exact) mass is 605 g/mol. The summed E-state index contributed by atoms with van der Waals surface area (Å²) in [5.74, 6) is -1.02. The standard InChI is InChI=1S/C30H28ClN5O5S/c1-4-19-15-21(27(39)20-11-7-8-12-22(20)31)29(42-19)36-25(17-37)32-33-30(36)34(3)28(40)24-14-18-10-6-9-13-23(18)35(24)16-26(38)41-5-2/h6-15,37H,4-5,16-17H2,1-3H3. The maximum Gasteiger partial charge on any atom is 0.325 e. The number of carbonyl (C=O) groups excluding carboxylic acids is 3. The minimum absolute atomic E-state index is 0.0923. The Labute approximate surface area is 250 Å². The quantitative estimate of drug-likeness (QED) is 0.174. The number of aromatic nitrogens is 4. The fourth-order valence-electron chi connectivity index (χ4n) is 4.72. The van der Waals surface area contributed by atoms with Gasteiger partial charge in [-0.1, -0.05) is 48.9 Å². The van der Waals surface area contributed by atoms with Gasteiger partial charge in [-0.25, -0.2) is 0 Å². The van der Waals surface area contributed by atoms with Gasteiger partial charge in [-0.3, -0.25) is 23.9 Å². The van der Waals surface area contributed by atoms with Crippen LogP contribution in [0.2, 0.25) is 5.02 Å². The first-order chi connectivity index (χ1) is 20.3. The number of aliphatic hydroxyl groups is 1. The summed E-state index contributed by atoms with van der Waals surface area (Å²) >= 11 is 7.70. The number of nitrogens with zero attached hydrogens (tertiary/aromatic N) is 5. The Morgan fingerprint density at radius 2 is 1.76 bits per heavy atom. The molecule has 1 N–H and O–H groups in total. The van der Waals surface area contributed by atoms with E-state index in [4.69, 9.17) is 16.3 Å². The Balaban J connectivity index is 1.62. The topological polar surface area (TPSA) is 120 Å². The lowest BCUT2D eigenvalue weighted by Gasteiger charge is -2.19. The first-order valence-electron chi connectivity index (χ1n) is 13.3. The molecule has 10 nitrogen and oxygen atoms in total. The molecule has 0 spiro atoms. The molecule has 216 valence electrons. The lowest BCUT2D eigenvalue weighted by atomic mass is 10.0. The van der Waals surface area contributed by atoms with Gasteiger partial charge in [-0.15, -0.1) is 21.5 Å². The Bertz CT molecular complexity index is 1810. The number of aliphatic hydroxyl groups excluding tert-OH is 1. The van der Waals surface area contributed by atoms with Gasteiger partial charge in [0.05, 0.1) is 17.2 Å². The third kappa shape index (κ3) is 5.34. The van der Waals surface area contributed by atoms with E-state index in [2.05, 4.69) is 10.2 Å². The predicted molar refractivity (Wildman–Crippen MR) is 161 cm³/mol. The molecule has 2 aromatic carbocycles. The summed E-state index contributed by atoms with van der Waals surface area (Å²) < 4.78 is 8.27.